The lowest BCUT2D eigenvalue weighted by Crippen LogP contribution is -2.33. The molecule has 2 rings (SSSR count). The van der Waals surface area contributed by atoms with Gasteiger partial charge >= 0.3 is 6.03 Å². The Morgan fingerprint density at radius 3 is 2.84 bits per heavy atom. The van der Waals surface area contributed by atoms with Crippen LogP contribution < -0.4 is 11.1 Å². The Labute approximate surface area is 111 Å². The quantitative estimate of drug-likeness (QED) is 0.736. The van der Waals surface area contributed by atoms with Crippen molar-refractivity contribution >= 4 is 17.8 Å². The van der Waals surface area contributed by atoms with E-state index in [1.807, 2.05) is 6.92 Å². The van der Waals surface area contributed by atoms with Crippen LogP contribution in [0.1, 0.15) is 26.2 Å². The number of aryl methyl sites for hydroxylation is 1. The molecule has 3 amide bonds. The van der Waals surface area contributed by atoms with Crippen LogP contribution in [0.2, 0.25) is 0 Å². The van der Waals surface area contributed by atoms with Gasteiger partial charge in [-0.25, -0.2) is 4.79 Å². The van der Waals surface area contributed by atoms with Gasteiger partial charge in [-0.05, 0) is 18.9 Å². The molecule has 0 bridgehead atoms. The third kappa shape index (κ3) is 3.04. The number of aromatic nitrogens is 2. The summed E-state index contributed by atoms with van der Waals surface area (Å²) in [6, 6.07) is 1.08. The molecule has 1 unspecified atom stereocenters. The Hall–Kier alpha value is -2.05. The zero-order valence-electron chi connectivity index (χ0n) is 11.0. The van der Waals surface area contributed by atoms with Gasteiger partial charge in [-0.3, -0.25) is 14.4 Å². The number of nitrogens with one attached hydrogen (secondary N) is 1. The molecule has 7 nitrogen and oxygen atoms in total. The summed E-state index contributed by atoms with van der Waals surface area (Å²) in [6.45, 7) is 3.03. The molecule has 1 aliphatic rings. The maximum atomic E-state index is 12.0. The van der Waals surface area contributed by atoms with E-state index in [2.05, 4.69) is 10.4 Å². The maximum Gasteiger partial charge on any atom is 0.324 e. The van der Waals surface area contributed by atoms with Gasteiger partial charge in [0.2, 0.25) is 0 Å². The summed E-state index contributed by atoms with van der Waals surface area (Å²) < 4.78 is 1.71. The van der Waals surface area contributed by atoms with Gasteiger partial charge in [-0.15, -0.1) is 0 Å². The van der Waals surface area contributed by atoms with Crippen molar-refractivity contribution in [3.05, 3.63) is 12.3 Å². The van der Waals surface area contributed by atoms with E-state index in [0.717, 1.165) is 6.42 Å². The average molecular weight is 265 g/mol. The van der Waals surface area contributed by atoms with Crippen LogP contribution in [-0.4, -0.2) is 39.2 Å². The van der Waals surface area contributed by atoms with Crippen molar-refractivity contribution in [2.45, 2.75) is 38.8 Å². The highest BCUT2D eigenvalue weighted by molar-refractivity contribution is 6.04. The van der Waals surface area contributed by atoms with E-state index < -0.39 is 0 Å². The van der Waals surface area contributed by atoms with Gasteiger partial charge in [0, 0.05) is 19.3 Å². The van der Waals surface area contributed by atoms with Gasteiger partial charge in [0.05, 0.1) is 0 Å². The lowest BCUT2D eigenvalue weighted by molar-refractivity contribution is -0.127. The van der Waals surface area contributed by atoms with E-state index in [-0.39, 0.29) is 18.0 Å². The second-order valence-corrected chi connectivity index (χ2v) is 4.64. The topological polar surface area (TPSA) is 93.2 Å². The maximum absolute atomic E-state index is 12.0. The summed E-state index contributed by atoms with van der Waals surface area (Å²) in [5.41, 5.74) is 5.51. The molecule has 0 saturated carbocycles. The van der Waals surface area contributed by atoms with E-state index in [0.29, 0.717) is 31.7 Å². The molecular weight excluding hydrogens is 246 g/mol. The Kier molecular flexibility index (Phi) is 4.03. The molecule has 1 saturated heterocycles. The van der Waals surface area contributed by atoms with Gasteiger partial charge in [0.25, 0.3) is 5.91 Å². The normalized spacial score (nSPS) is 19.0. The fourth-order valence-corrected chi connectivity index (χ4v) is 2.17. The summed E-state index contributed by atoms with van der Waals surface area (Å²) in [5, 5.41) is 6.75. The number of hydrogen-bond donors (Lipinski definition) is 2. The molecule has 7 heteroatoms. The van der Waals surface area contributed by atoms with Crippen LogP contribution >= 0.6 is 0 Å². The first-order chi connectivity index (χ1) is 9.11. The van der Waals surface area contributed by atoms with Crippen molar-refractivity contribution in [1.29, 1.82) is 0 Å². The number of nitrogens with zero attached hydrogens (tertiary/aromatic N) is 3. The monoisotopic (exact) mass is 265 g/mol. The molecule has 2 heterocycles. The fraction of sp³-hybridized carbons (Fsp3) is 0.583. The summed E-state index contributed by atoms with van der Waals surface area (Å²) in [6.07, 6.45) is 4.01. The SMILES string of the molecule is CCCC1NC(=O)N(CCCn2ccc(N)n2)C1=O. The van der Waals surface area contributed by atoms with Crippen LogP contribution in [0, 0.1) is 0 Å². The number of nitrogen functional groups attached to an aromatic ring is 1. The van der Waals surface area contributed by atoms with Crippen LogP contribution in [0.5, 0.6) is 0 Å². The number of carbonyl (C=O) groups excluding carboxylic acids is 2. The van der Waals surface area contributed by atoms with E-state index in [1.165, 1.54) is 4.90 Å². The molecule has 0 radical (unpaired) electrons. The van der Waals surface area contributed by atoms with Crippen molar-refractivity contribution in [1.82, 2.24) is 20.0 Å². The summed E-state index contributed by atoms with van der Waals surface area (Å²) in [5.74, 6) is 0.352. The number of anilines is 1. The van der Waals surface area contributed by atoms with Crippen LogP contribution in [0.4, 0.5) is 10.6 Å². The van der Waals surface area contributed by atoms with Crippen LogP contribution in [0.15, 0.2) is 12.3 Å². The minimum atomic E-state index is -0.349. The molecule has 0 aliphatic carbocycles. The lowest BCUT2D eigenvalue weighted by atomic mass is 10.2. The Morgan fingerprint density at radius 1 is 1.42 bits per heavy atom. The second kappa shape index (κ2) is 5.73. The van der Waals surface area contributed by atoms with Gasteiger partial charge in [-0.1, -0.05) is 13.3 Å². The average Bonchev–Trinajstić information content (AvgIpc) is 2.89. The number of nitrogens with two attached hydrogens (primary N) is 1. The van der Waals surface area contributed by atoms with Crippen LogP contribution in [0.3, 0.4) is 0 Å². The molecule has 1 aromatic heterocycles. The highest BCUT2D eigenvalue weighted by Crippen LogP contribution is 2.11. The van der Waals surface area contributed by atoms with Gasteiger partial charge < -0.3 is 11.1 Å². The number of carbonyl (C=O) groups is 2. The highest BCUT2D eigenvalue weighted by atomic mass is 16.2. The second-order valence-electron chi connectivity index (χ2n) is 4.64. The van der Waals surface area contributed by atoms with Crippen molar-refractivity contribution in [2.75, 3.05) is 12.3 Å². The zero-order chi connectivity index (χ0) is 13.8. The van der Waals surface area contributed by atoms with E-state index >= 15 is 0 Å². The van der Waals surface area contributed by atoms with Gasteiger partial charge in [0.15, 0.2) is 0 Å². The first-order valence-electron chi connectivity index (χ1n) is 6.52. The van der Waals surface area contributed by atoms with Crippen molar-refractivity contribution in [3.63, 3.8) is 0 Å². The minimum Gasteiger partial charge on any atom is -0.382 e. The molecule has 3 N–H and O–H groups in total. The minimum absolute atomic E-state index is 0.119. The predicted octanol–water partition coefficient (Wildman–Crippen LogP) is 0.576. The third-order valence-corrected chi connectivity index (χ3v) is 3.11. The van der Waals surface area contributed by atoms with Crippen molar-refractivity contribution in [2.24, 2.45) is 0 Å². The number of amides is 3. The van der Waals surface area contributed by atoms with Crippen LogP contribution in [0.25, 0.3) is 0 Å². The largest absolute Gasteiger partial charge is 0.382 e. The summed E-state index contributed by atoms with van der Waals surface area (Å²) >= 11 is 0. The molecule has 1 fully saturated rings. The standard InChI is InChI=1S/C12H19N5O2/c1-2-4-9-11(18)17(12(19)14-9)7-3-6-16-8-5-10(13)15-16/h5,8-9H,2-4,6-7H2,1H3,(H2,13,15)(H,14,19). The van der Waals surface area contributed by atoms with E-state index in [9.17, 15) is 9.59 Å². The number of hydrogen-bond acceptors (Lipinski definition) is 4. The Morgan fingerprint density at radius 2 is 2.21 bits per heavy atom. The molecule has 1 aliphatic heterocycles. The molecule has 104 valence electrons. The summed E-state index contributed by atoms with van der Waals surface area (Å²) in [7, 11) is 0. The lowest BCUT2D eigenvalue weighted by Gasteiger charge is -2.12. The fourth-order valence-electron chi connectivity index (χ4n) is 2.17. The molecule has 1 aromatic rings. The molecule has 19 heavy (non-hydrogen) atoms. The predicted molar refractivity (Wildman–Crippen MR) is 70.2 cm³/mol. The number of imide groups is 1. The first-order valence-corrected chi connectivity index (χ1v) is 6.52. The third-order valence-electron chi connectivity index (χ3n) is 3.11. The Balaban J connectivity index is 1.82. The zero-order valence-corrected chi connectivity index (χ0v) is 11.0. The van der Waals surface area contributed by atoms with Gasteiger partial charge in [0.1, 0.15) is 11.9 Å². The molecular formula is C12H19N5O2. The number of urea groups is 1. The van der Waals surface area contributed by atoms with E-state index in [1.54, 1.807) is 16.9 Å². The summed E-state index contributed by atoms with van der Waals surface area (Å²) in [4.78, 5) is 24.9. The van der Waals surface area contributed by atoms with E-state index in [4.69, 9.17) is 5.73 Å². The highest BCUT2D eigenvalue weighted by Gasteiger charge is 2.36. The first kappa shape index (κ1) is 13.4. The smallest absolute Gasteiger partial charge is 0.324 e. The van der Waals surface area contributed by atoms with Gasteiger partial charge in [-0.2, -0.15) is 5.10 Å². The van der Waals surface area contributed by atoms with Crippen molar-refractivity contribution in [3.8, 4) is 0 Å². The van der Waals surface area contributed by atoms with Crippen molar-refractivity contribution < 1.29 is 9.59 Å². The Bertz CT molecular complexity index is 470. The molecule has 1 atom stereocenters. The molecule has 0 spiro atoms. The van der Waals surface area contributed by atoms with Crippen LogP contribution in [-0.2, 0) is 11.3 Å². The number of rotatable bonds is 6. The molecule has 0 aromatic carbocycles.